The Bertz CT molecular complexity index is 1160. The molecule has 0 saturated carbocycles. The number of aliphatic carboxylic acids is 1. The normalized spacial score (nSPS) is 25.4. The SMILES string of the molecule is Nc1nc(CC(=O)NC2N3C(=O)C[C@H]3SC(=NO)C2(C=Cc2scnc2Cl)C(=O)O)cs1.[NaH]. The molecule has 2 aromatic rings. The Balaban J connectivity index is 0.00000306. The van der Waals surface area contributed by atoms with E-state index in [0.29, 0.717) is 15.7 Å². The van der Waals surface area contributed by atoms with Crippen molar-refractivity contribution < 1.29 is 24.7 Å². The van der Waals surface area contributed by atoms with Crippen molar-refractivity contribution in [2.45, 2.75) is 24.4 Å². The minimum atomic E-state index is -2.06. The average Bonchev–Trinajstić information content (AvgIpc) is 3.33. The van der Waals surface area contributed by atoms with Gasteiger partial charge in [0.25, 0.3) is 0 Å². The van der Waals surface area contributed by atoms with E-state index in [4.69, 9.17) is 17.3 Å². The van der Waals surface area contributed by atoms with Crippen LogP contribution < -0.4 is 11.1 Å². The molecule has 16 heteroatoms. The summed E-state index contributed by atoms with van der Waals surface area (Å²) in [6.45, 7) is 0. The van der Waals surface area contributed by atoms with Crippen molar-refractivity contribution in [3.05, 3.63) is 32.7 Å². The number of carbonyl (C=O) groups is 3. The zero-order valence-corrected chi connectivity index (χ0v) is 19.2. The number of β-lactam (4-membered cyclic amide) rings is 1. The Morgan fingerprint density at radius 1 is 1.45 bits per heavy atom. The number of hydrogen-bond donors (Lipinski definition) is 4. The molecule has 2 saturated heterocycles. The number of oxime groups is 1. The van der Waals surface area contributed by atoms with E-state index >= 15 is 0 Å². The van der Waals surface area contributed by atoms with Crippen LogP contribution in [0.25, 0.3) is 6.08 Å². The van der Waals surface area contributed by atoms with Gasteiger partial charge in [-0.2, -0.15) is 0 Å². The maximum atomic E-state index is 12.8. The molecular weight excluding hydrogens is 523 g/mol. The Morgan fingerprint density at radius 3 is 2.76 bits per heavy atom. The number of halogens is 1. The maximum absolute atomic E-state index is 12.8. The number of anilines is 1. The molecule has 0 radical (unpaired) electrons. The molecule has 5 N–H and O–H groups in total. The van der Waals surface area contributed by atoms with E-state index in [1.165, 1.54) is 45.2 Å². The first-order chi connectivity index (χ1) is 15.3. The number of carboxylic acid groups (broad SMARTS) is 1. The number of amides is 2. The molecule has 2 unspecified atom stereocenters. The van der Waals surface area contributed by atoms with E-state index in [-0.39, 0.29) is 58.5 Å². The first-order valence-electron chi connectivity index (χ1n) is 8.97. The molecule has 2 aliphatic rings. The molecule has 2 amide bonds. The number of thioether (sulfide) groups is 1. The summed E-state index contributed by atoms with van der Waals surface area (Å²) in [5, 5.41) is 27.2. The van der Waals surface area contributed by atoms with Crippen LogP contribution in [0.2, 0.25) is 5.15 Å². The molecule has 4 heterocycles. The van der Waals surface area contributed by atoms with E-state index in [1.807, 2.05) is 0 Å². The molecular formula is C17H16ClN6NaO5S3. The summed E-state index contributed by atoms with van der Waals surface area (Å²) in [5.41, 5.74) is 5.43. The molecule has 2 aromatic heterocycles. The Morgan fingerprint density at radius 2 is 2.21 bits per heavy atom. The number of fused-ring (bicyclic) bond motifs is 1. The number of nitrogens with two attached hydrogens (primary N) is 1. The second-order valence-corrected chi connectivity index (χ2v) is 10.1. The summed E-state index contributed by atoms with van der Waals surface area (Å²) >= 11 is 9.31. The molecule has 2 fully saturated rings. The molecule has 2 aliphatic heterocycles. The number of nitrogens with zero attached hydrogens (tertiary/aromatic N) is 4. The molecule has 170 valence electrons. The summed E-state index contributed by atoms with van der Waals surface area (Å²) in [7, 11) is 0. The van der Waals surface area contributed by atoms with Gasteiger partial charge >= 0.3 is 35.5 Å². The van der Waals surface area contributed by atoms with Gasteiger partial charge in [0, 0.05) is 5.38 Å². The van der Waals surface area contributed by atoms with Crippen LogP contribution in [0.3, 0.4) is 0 Å². The standard InChI is InChI=1S/C17H15ClN6O5S3.Na.H/c18-12-8(31-6-20-12)1-2-17(15(27)28)13(22-9(25)3-7-5-30-16(19)21-7)24-10(26)4-11(24)32-14(17)23-29;;/h1-2,5-6,11,13,29H,3-4H2,(H2,19,21)(H,22,25)(H,27,28);;/t11-,13?,17?;;/m1../s1. The molecule has 0 spiro atoms. The fourth-order valence-electron chi connectivity index (χ4n) is 3.43. The van der Waals surface area contributed by atoms with Gasteiger partial charge in [0.2, 0.25) is 11.8 Å². The van der Waals surface area contributed by atoms with Gasteiger partial charge in [0.15, 0.2) is 10.5 Å². The van der Waals surface area contributed by atoms with Crippen molar-refractivity contribution in [3.63, 3.8) is 0 Å². The van der Waals surface area contributed by atoms with E-state index in [2.05, 4.69) is 20.4 Å². The van der Waals surface area contributed by atoms with Gasteiger partial charge in [-0.05, 0) is 6.08 Å². The minimum absolute atomic E-state index is 0. The van der Waals surface area contributed by atoms with Crippen LogP contribution in [0.5, 0.6) is 0 Å². The summed E-state index contributed by atoms with van der Waals surface area (Å²) in [6, 6.07) is 0. The first kappa shape index (κ1) is 25.9. The fraction of sp³-hybridized carbons (Fsp3) is 0.294. The van der Waals surface area contributed by atoms with Crippen molar-refractivity contribution in [2.75, 3.05) is 5.73 Å². The fourth-order valence-corrected chi connectivity index (χ4v) is 6.21. The van der Waals surface area contributed by atoms with Crippen LogP contribution in [-0.4, -0.2) is 89.1 Å². The van der Waals surface area contributed by atoms with Gasteiger partial charge in [0.1, 0.15) is 16.4 Å². The number of nitrogen functional groups attached to an aromatic ring is 1. The van der Waals surface area contributed by atoms with Gasteiger partial charge in [-0.25, -0.2) is 9.97 Å². The van der Waals surface area contributed by atoms with Crippen molar-refractivity contribution >= 4 is 110 Å². The van der Waals surface area contributed by atoms with Gasteiger partial charge < -0.3 is 26.3 Å². The second kappa shape index (κ2) is 10.3. The van der Waals surface area contributed by atoms with Gasteiger partial charge in [0.05, 0.1) is 34.3 Å². The number of carbonyl (C=O) groups excluding carboxylic acids is 2. The van der Waals surface area contributed by atoms with Crippen LogP contribution in [0, 0.1) is 5.41 Å². The second-order valence-electron chi connectivity index (χ2n) is 6.82. The number of nitrogens with one attached hydrogen (secondary N) is 1. The number of hydrogen-bond acceptors (Lipinski definition) is 11. The zero-order valence-electron chi connectivity index (χ0n) is 16.0. The quantitative estimate of drug-likeness (QED) is 0.181. The molecule has 0 aliphatic carbocycles. The predicted octanol–water partition coefficient (Wildman–Crippen LogP) is 1.05. The van der Waals surface area contributed by atoms with Crippen molar-refractivity contribution in [1.29, 1.82) is 0 Å². The van der Waals surface area contributed by atoms with E-state index in [1.54, 1.807) is 5.38 Å². The summed E-state index contributed by atoms with van der Waals surface area (Å²) in [4.78, 5) is 47.5. The third kappa shape index (κ3) is 4.78. The predicted molar refractivity (Wildman–Crippen MR) is 128 cm³/mol. The Hall–Kier alpha value is -1.68. The van der Waals surface area contributed by atoms with E-state index < -0.39 is 28.8 Å². The number of rotatable bonds is 6. The van der Waals surface area contributed by atoms with Crippen LogP contribution in [0.1, 0.15) is 17.0 Å². The van der Waals surface area contributed by atoms with Gasteiger partial charge in [-0.15, -0.1) is 22.7 Å². The van der Waals surface area contributed by atoms with Gasteiger partial charge in [-0.1, -0.05) is 34.6 Å². The van der Waals surface area contributed by atoms with Crippen LogP contribution in [0.4, 0.5) is 5.13 Å². The van der Waals surface area contributed by atoms with Gasteiger partial charge in [-0.3, -0.25) is 14.4 Å². The first-order valence-corrected chi connectivity index (χ1v) is 12.0. The third-order valence-corrected chi connectivity index (χ3v) is 8.20. The molecule has 33 heavy (non-hydrogen) atoms. The van der Waals surface area contributed by atoms with Crippen LogP contribution in [0.15, 0.2) is 22.1 Å². The third-order valence-electron chi connectivity index (χ3n) is 4.96. The van der Waals surface area contributed by atoms with E-state index in [9.17, 15) is 24.7 Å². The number of thiazole rings is 2. The summed E-state index contributed by atoms with van der Waals surface area (Å²) in [5.74, 6) is -2.33. The number of carboxylic acids is 1. The molecule has 11 nitrogen and oxygen atoms in total. The monoisotopic (exact) mass is 538 g/mol. The van der Waals surface area contributed by atoms with Crippen LogP contribution >= 0.6 is 46.0 Å². The van der Waals surface area contributed by atoms with Crippen molar-refractivity contribution in [3.8, 4) is 0 Å². The molecule has 0 aromatic carbocycles. The summed E-state index contributed by atoms with van der Waals surface area (Å²) in [6.07, 6.45) is 1.29. The van der Waals surface area contributed by atoms with Crippen LogP contribution in [-0.2, 0) is 20.8 Å². The zero-order chi connectivity index (χ0) is 23.0. The summed E-state index contributed by atoms with van der Waals surface area (Å²) < 4.78 is 0. The Kier molecular flexibility index (Phi) is 8.09. The van der Waals surface area contributed by atoms with Crippen molar-refractivity contribution in [2.24, 2.45) is 10.6 Å². The topological polar surface area (TPSA) is 171 Å². The van der Waals surface area contributed by atoms with E-state index in [0.717, 1.165) is 11.8 Å². The molecule has 0 bridgehead atoms. The average molecular weight is 539 g/mol. The Labute approximate surface area is 226 Å². The van der Waals surface area contributed by atoms with Crippen molar-refractivity contribution in [1.82, 2.24) is 20.2 Å². The molecule has 4 rings (SSSR count). The number of aromatic nitrogens is 2. The molecule has 3 atom stereocenters.